The molecule has 4 heteroatoms. The predicted molar refractivity (Wildman–Crippen MR) is 80.2 cm³/mol. The lowest BCUT2D eigenvalue weighted by molar-refractivity contribution is -0.144. The van der Waals surface area contributed by atoms with Crippen molar-refractivity contribution in [2.24, 2.45) is 0 Å². The normalized spacial score (nSPS) is 13.1. The summed E-state index contributed by atoms with van der Waals surface area (Å²) in [5.41, 5.74) is 3.16. The number of aryl methyl sites for hydroxylation is 2. The second kappa shape index (κ2) is 6.27. The molecule has 1 aromatic carbocycles. The molecule has 0 bridgehead atoms. The lowest BCUT2D eigenvalue weighted by Gasteiger charge is -2.22. The van der Waals surface area contributed by atoms with Gasteiger partial charge in [0.15, 0.2) is 6.10 Å². The first-order chi connectivity index (χ1) is 9.10. The Balaban J connectivity index is 2.89. The lowest BCUT2D eigenvalue weighted by Crippen LogP contribution is -2.35. The van der Waals surface area contributed by atoms with Gasteiger partial charge in [-0.05, 0) is 58.2 Å². The molecule has 1 unspecified atom stereocenters. The highest BCUT2D eigenvalue weighted by molar-refractivity contribution is 5.72. The zero-order chi connectivity index (χ0) is 15.5. The van der Waals surface area contributed by atoms with Gasteiger partial charge in [-0.15, -0.1) is 0 Å². The standard InChI is InChI=1S/C16H25NO3/c1-10-7-13(9-17-16(4,5)6)8-11(2)14(10)20-12(3)15(18)19/h7-8,12,17H,9H2,1-6H3,(H,18,19). The molecule has 0 heterocycles. The number of ether oxygens (including phenoxy) is 1. The molecule has 0 saturated carbocycles. The summed E-state index contributed by atoms with van der Waals surface area (Å²) in [4.78, 5) is 10.9. The van der Waals surface area contributed by atoms with Crippen molar-refractivity contribution in [3.63, 3.8) is 0 Å². The molecule has 4 nitrogen and oxygen atoms in total. The van der Waals surface area contributed by atoms with Crippen LogP contribution in [0, 0.1) is 13.8 Å². The van der Waals surface area contributed by atoms with E-state index in [2.05, 4.69) is 26.1 Å². The molecule has 1 rings (SSSR count). The second-order valence-corrected chi connectivity index (χ2v) is 6.26. The smallest absolute Gasteiger partial charge is 0.344 e. The van der Waals surface area contributed by atoms with Crippen molar-refractivity contribution in [1.82, 2.24) is 5.32 Å². The minimum Gasteiger partial charge on any atom is -0.479 e. The molecule has 0 aliphatic carbocycles. The van der Waals surface area contributed by atoms with E-state index in [0.717, 1.165) is 17.7 Å². The Hall–Kier alpha value is -1.55. The third-order valence-corrected chi connectivity index (χ3v) is 2.99. The Morgan fingerprint density at radius 3 is 2.20 bits per heavy atom. The molecule has 2 N–H and O–H groups in total. The first-order valence-electron chi connectivity index (χ1n) is 6.85. The van der Waals surface area contributed by atoms with Crippen LogP contribution in [0.15, 0.2) is 12.1 Å². The molecule has 1 aromatic rings. The summed E-state index contributed by atoms with van der Waals surface area (Å²) in [7, 11) is 0. The van der Waals surface area contributed by atoms with E-state index in [0.29, 0.717) is 5.75 Å². The summed E-state index contributed by atoms with van der Waals surface area (Å²) in [5, 5.41) is 12.4. The number of rotatable bonds is 5. The molecule has 0 aliphatic rings. The van der Waals surface area contributed by atoms with Gasteiger partial charge >= 0.3 is 5.97 Å². The molecule has 0 fully saturated rings. The SMILES string of the molecule is Cc1cc(CNC(C)(C)C)cc(C)c1OC(C)C(=O)O. The maximum Gasteiger partial charge on any atom is 0.344 e. The van der Waals surface area contributed by atoms with Crippen LogP contribution in [0.4, 0.5) is 0 Å². The van der Waals surface area contributed by atoms with Crippen molar-refractivity contribution in [1.29, 1.82) is 0 Å². The minimum atomic E-state index is -0.956. The Bertz CT molecular complexity index is 466. The van der Waals surface area contributed by atoms with E-state index in [9.17, 15) is 4.79 Å². The van der Waals surface area contributed by atoms with Gasteiger partial charge in [-0.2, -0.15) is 0 Å². The maximum atomic E-state index is 10.9. The van der Waals surface area contributed by atoms with Crippen molar-refractivity contribution < 1.29 is 14.6 Å². The van der Waals surface area contributed by atoms with Gasteiger partial charge in [0, 0.05) is 12.1 Å². The molecule has 112 valence electrons. The van der Waals surface area contributed by atoms with Crippen LogP contribution in [0.25, 0.3) is 0 Å². The highest BCUT2D eigenvalue weighted by Gasteiger charge is 2.16. The van der Waals surface area contributed by atoms with E-state index in [1.54, 1.807) is 0 Å². The van der Waals surface area contributed by atoms with Crippen molar-refractivity contribution in [3.8, 4) is 5.75 Å². The van der Waals surface area contributed by atoms with E-state index in [-0.39, 0.29) is 5.54 Å². The van der Waals surface area contributed by atoms with Crippen LogP contribution in [0.3, 0.4) is 0 Å². The van der Waals surface area contributed by atoms with E-state index in [4.69, 9.17) is 9.84 Å². The monoisotopic (exact) mass is 279 g/mol. The molecule has 0 spiro atoms. The van der Waals surface area contributed by atoms with Crippen LogP contribution in [0.5, 0.6) is 5.75 Å². The van der Waals surface area contributed by atoms with Gasteiger partial charge in [-0.3, -0.25) is 0 Å². The molecular formula is C16H25NO3. The number of hydrogen-bond acceptors (Lipinski definition) is 3. The fourth-order valence-electron chi connectivity index (χ4n) is 1.92. The van der Waals surface area contributed by atoms with Gasteiger partial charge in [0.2, 0.25) is 0 Å². The fourth-order valence-corrected chi connectivity index (χ4v) is 1.92. The average Bonchev–Trinajstić information content (AvgIpc) is 2.29. The van der Waals surface area contributed by atoms with E-state index in [1.807, 2.05) is 26.0 Å². The molecule has 20 heavy (non-hydrogen) atoms. The van der Waals surface area contributed by atoms with Crippen molar-refractivity contribution in [2.75, 3.05) is 0 Å². The first kappa shape index (κ1) is 16.5. The topological polar surface area (TPSA) is 58.6 Å². The third kappa shape index (κ3) is 4.85. The third-order valence-electron chi connectivity index (χ3n) is 2.99. The highest BCUT2D eigenvalue weighted by Crippen LogP contribution is 2.26. The summed E-state index contributed by atoms with van der Waals surface area (Å²) in [6, 6.07) is 4.07. The van der Waals surface area contributed by atoms with Gasteiger partial charge in [0.25, 0.3) is 0 Å². The van der Waals surface area contributed by atoms with Gasteiger partial charge in [-0.25, -0.2) is 4.79 Å². The summed E-state index contributed by atoms with van der Waals surface area (Å²) < 4.78 is 5.52. The van der Waals surface area contributed by atoms with Crippen molar-refractivity contribution >= 4 is 5.97 Å². The Kier molecular flexibility index (Phi) is 5.17. The summed E-state index contributed by atoms with van der Waals surface area (Å²) in [6.45, 7) is 12.6. The van der Waals surface area contributed by atoms with Crippen LogP contribution < -0.4 is 10.1 Å². The molecule has 1 atom stereocenters. The van der Waals surface area contributed by atoms with Crippen LogP contribution in [0.1, 0.15) is 44.4 Å². The summed E-state index contributed by atoms with van der Waals surface area (Å²) in [6.07, 6.45) is -0.842. The highest BCUT2D eigenvalue weighted by atomic mass is 16.5. The van der Waals surface area contributed by atoms with Crippen LogP contribution >= 0.6 is 0 Å². The zero-order valence-electron chi connectivity index (χ0n) is 13.2. The Labute approximate surface area is 121 Å². The second-order valence-electron chi connectivity index (χ2n) is 6.26. The van der Waals surface area contributed by atoms with E-state index < -0.39 is 12.1 Å². The number of benzene rings is 1. The predicted octanol–water partition coefficient (Wildman–Crippen LogP) is 3.04. The number of carboxylic acid groups (broad SMARTS) is 1. The first-order valence-corrected chi connectivity index (χ1v) is 6.85. The largest absolute Gasteiger partial charge is 0.479 e. The zero-order valence-corrected chi connectivity index (χ0v) is 13.2. The number of hydrogen-bond donors (Lipinski definition) is 2. The van der Waals surface area contributed by atoms with E-state index in [1.165, 1.54) is 12.5 Å². The Morgan fingerprint density at radius 2 is 1.80 bits per heavy atom. The van der Waals surface area contributed by atoms with E-state index >= 15 is 0 Å². The number of carboxylic acids is 1. The van der Waals surface area contributed by atoms with Crippen molar-refractivity contribution in [3.05, 3.63) is 28.8 Å². The molecule has 0 aromatic heterocycles. The molecule has 0 amide bonds. The van der Waals surface area contributed by atoms with Crippen molar-refractivity contribution in [2.45, 2.75) is 59.7 Å². The minimum absolute atomic E-state index is 0.0643. The molecule has 0 aliphatic heterocycles. The van der Waals surface area contributed by atoms with Gasteiger partial charge in [0.1, 0.15) is 5.75 Å². The van der Waals surface area contributed by atoms with Crippen LogP contribution in [-0.4, -0.2) is 22.7 Å². The van der Waals surface area contributed by atoms with Crippen LogP contribution in [0.2, 0.25) is 0 Å². The van der Waals surface area contributed by atoms with Gasteiger partial charge in [0.05, 0.1) is 0 Å². The maximum absolute atomic E-state index is 10.9. The quantitative estimate of drug-likeness (QED) is 0.869. The van der Waals surface area contributed by atoms with Crippen LogP contribution in [-0.2, 0) is 11.3 Å². The lowest BCUT2D eigenvalue weighted by atomic mass is 10.0. The molecule has 0 radical (unpaired) electrons. The Morgan fingerprint density at radius 1 is 1.30 bits per heavy atom. The number of carbonyl (C=O) groups is 1. The number of nitrogens with one attached hydrogen (secondary N) is 1. The number of aliphatic carboxylic acids is 1. The molecule has 0 saturated heterocycles. The summed E-state index contributed by atoms with van der Waals surface area (Å²) >= 11 is 0. The van der Waals surface area contributed by atoms with Gasteiger partial charge in [-0.1, -0.05) is 12.1 Å². The average molecular weight is 279 g/mol. The summed E-state index contributed by atoms with van der Waals surface area (Å²) in [5.74, 6) is -0.290. The van der Waals surface area contributed by atoms with Gasteiger partial charge < -0.3 is 15.2 Å². The molecular weight excluding hydrogens is 254 g/mol. The fraction of sp³-hybridized carbons (Fsp3) is 0.562.